The summed E-state index contributed by atoms with van der Waals surface area (Å²) in [6.45, 7) is 22.8. The van der Waals surface area contributed by atoms with E-state index in [0.29, 0.717) is 5.54 Å². The molecule has 2 aliphatic heterocycles. The fourth-order valence-electron chi connectivity index (χ4n) is 3.72. The lowest BCUT2D eigenvalue weighted by Gasteiger charge is -2.43. The van der Waals surface area contributed by atoms with Gasteiger partial charge in [0.1, 0.15) is 0 Å². The van der Waals surface area contributed by atoms with E-state index in [1.54, 1.807) is 0 Å². The van der Waals surface area contributed by atoms with Crippen LogP contribution in [0.15, 0.2) is 0 Å². The van der Waals surface area contributed by atoms with E-state index in [1.165, 1.54) is 52.2 Å². The average Bonchev–Trinajstić information content (AvgIpc) is 2.52. The van der Waals surface area contributed by atoms with Gasteiger partial charge in [-0.1, -0.05) is 6.92 Å². The molecular weight excluding hydrogens is 272 g/mol. The van der Waals surface area contributed by atoms with Gasteiger partial charge in [-0.3, -0.25) is 9.80 Å². The molecule has 2 fully saturated rings. The van der Waals surface area contributed by atoms with Crippen LogP contribution in [0.4, 0.5) is 0 Å². The van der Waals surface area contributed by atoms with Crippen molar-refractivity contribution in [2.24, 2.45) is 5.92 Å². The van der Waals surface area contributed by atoms with E-state index in [9.17, 15) is 0 Å². The summed E-state index contributed by atoms with van der Waals surface area (Å²) in [5, 5.41) is 3.45. The minimum atomic E-state index is 0.330. The molecule has 2 aliphatic rings. The van der Waals surface area contributed by atoms with Gasteiger partial charge in [0.2, 0.25) is 0 Å². The van der Waals surface area contributed by atoms with Gasteiger partial charge >= 0.3 is 0 Å². The molecule has 2 saturated heterocycles. The minimum absolute atomic E-state index is 0.330. The van der Waals surface area contributed by atoms with E-state index < -0.39 is 0 Å². The summed E-state index contributed by atoms with van der Waals surface area (Å²) in [4.78, 5) is 7.96. The first-order valence-electron chi connectivity index (χ1n) is 9.30. The van der Waals surface area contributed by atoms with Gasteiger partial charge in [-0.05, 0) is 46.6 Å². The SMILES string of the molecule is CC(CCN1CCN(C(C)(C)C)CC1)C(C)N1CCNCC1. The van der Waals surface area contributed by atoms with Gasteiger partial charge in [0.05, 0.1) is 0 Å². The van der Waals surface area contributed by atoms with Crippen molar-refractivity contribution in [3.05, 3.63) is 0 Å². The Kier molecular flexibility index (Phi) is 6.69. The second kappa shape index (κ2) is 8.09. The van der Waals surface area contributed by atoms with Gasteiger partial charge in [-0.15, -0.1) is 0 Å². The lowest BCUT2D eigenvalue weighted by atomic mass is 9.97. The summed E-state index contributed by atoms with van der Waals surface area (Å²) in [7, 11) is 0. The van der Waals surface area contributed by atoms with Crippen molar-refractivity contribution in [3.8, 4) is 0 Å². The molecule has 4 nitrogen and oxygen atoms in total. The fraction of sp³-hybridized carbons (Fsp3) is 1.00. The number of hydrogen-bond donors (Lipinski definition) is 1. The van der Waals surface area contributed by atoms with Crippen LogP contribution >= 0.6 is 0 Å². The monoisotopic (exact) mass is 310 g/mol. The maximum Gasteiger partial charge on any atom is 0.0126 e. The molecular formula is C18H38N4. The Bertz CT molecular complexity index is 312. The third kappa shape index (κ3) is 5.19. The Morgan fingerprint density at radius 2 is 1.50 bits per heavy atom. The van der Waals surface area contributed by atoms with E-state index in [2.05, 4.69) is 54.6 Å². The number of piperazine rings is 2. The predicted molar refractivity (Wildman–Crippen MR) is 95.5 cm³/mol. The van der Waals surface area contributed by atoms with Crippen LogP contribution in [0.3, 0.4) is 0 Å². The van der Waals surface area contributed by atoms with Gasteiger partial charge in [0.15, 0.2) is 0 Å². The lowest BCUT2D eigenvalue weighted by molar-refractivity contribution is 0.0564. The molecule has 0 bridgehead atoms. The van der Waals surface area contributed by atoms with Gasteiger partial charge in [0, 0.05) is 63.9 Å². The largest absolute Gasteiger partial charge is 0.314 e. The quantitative estimate of drug-likeness (QED) is 0.835. The molecule has 4 heteroatoms. The molecule has 0 aromatic rings. The van der Waals surface area contributed by atoms with Crippen LogP contribution in [0, 0.1) is 5.92 Å². The average molecular weight is 311 g/mol. The third-order valence-electron chi connectivity index (χ3n) is 5.77. The molecule has 2 rings (SSSR count). The third-order valence-corrected chi connectivity index (χ3v) is 5.77. The molecule has 0 aromatic carbocycles. The normalized spacial score (nSPS) is 26.0. The molecule has 2 heterocycles. The zero-order chi connectivity index (χ0) is 16.2. The molecule has 0 aromatic heterocycles. The highest BCUT2D eigenvalue weighted by molar-refractivity contribution is 4.83. The standard InChI is InChI=1S/C18H38N4/c1-16(17(2)21-10-7-19-8-11-21)6-9-20-12-14-22(15-13-20)18(3,4)5/h16-17,19H,6-15H2,1-5H3. The van der Waals surface area contributed by atoms with Crippen LogP contribution < -0.4 is 5.32 Å². The van der Waals surface area contributed by atoms with Gasteiger partial charge < -0.3 is 10.2 Å². The molecule has 0 amide bonds. The summed E-state index contributed by atoms with van der Waals surface area (Å²) < 4.78 is 0. The number of nitrogens with zero attached hydrogens (tertiary/aromatic N) is 3. The molecule has 2 unspecified atom stereocenters. The number of rotatable bonds is 5. The van der Waals surface area contributed by atoms with Crippen LogP contribution in [0.5, 0.6) is 0 Å². The molecule has 0 radical (unpaired) electrons. The Morgan fingerprint density at radius 3 is 2.05 bits per heavy atom. The van der Waals surface area contributed by atoms with Crippen LogP contribution in [0.1, 0.15) is 41.0 Å². The van der Waals surface area contributed by atoms with E-state index in [-0.39, 0.29) is 0 Å². The van der Waals surface area contributed by atoms with E-state index in [0.717, 1.165) is 25.0 Å². The lowest BCUT2D eigenvalue weighted by Crippen LogP contribution is -2.54. The maximum absolute atomic E-state index is 3.45. The number of hydrogen-bond acceptors (Lipinski definition) is 4. The summed E-state index contributed by atoms with van der Waals surface area (Å²) in [6, 6.07) is 0.720. The molecule has 22 heavy (non-hydrogen) atoms. The summed E-state index contributed by atoms with van der Waals surface area (Å²) in [5.41, 5.74) is 0.330. The Labute approximate surface area is 138 Å². The highest BCUT2D eigenvalue weighted by atomic mass is 15.3. The fourth-order valence-corrected chi connectivity index (χ4v) is 3.72. The van der Waals surface area contributed by atoms with Crippen LogP contribution in [0.2, 0.25) is 0 Å². The first-order valence-corrected chi connectivity index (χ1v) is 9.30. The van der Waals surface area contributed by atoms with Crippen LogP contribution in [-0.2, 0) is 0 Å². The molecule has 0 aliphatic carbocycles. The minimum Gasteiger partial charge on any atom is -0.314 e. The van der Waals surface area contributed by atoms with Gasteiger partial charge in [-0.25, -0.2) is 0 Å². The zero-order valence-corrected chi connectivity index (χ0v) is 15.6. The van der Waals surface area contributed by atoms with Crippen molar-refractivity contribution >= 4 is 0 Å². The summed E-state index contributed by atoms with van der Waals surface area (Å²) in [6.07, 6.45) is 1.33. The van der Waals surface area contributed by atoms with E-state index >= 15 is 0 Å². The first kappa shape index (κ1) is 18.2. The zero-order valence-electron chi connectivity index (χ0n) is 15.6. The second-order valence-corrected chi connectivity index (χ2v) is 8.29. The smallest absolute Gasteiger partial charge is 0.0126 e. The van der Waals surface area contributed by atoms with Crippen molar-refractivity contribution in [2.75, 3.05) is 58.9 Å². The van der Waals surface area contributed by atoms with Crippen LogP contribution in [-0.4, -0.2) is 85.2 Å². The Hall–Kier alpha value is -0.160. The summed E-state index contributed by atoms with van der Waals surface area (Å²) >= 11 is 0. The van der Waals surface area contributed by atoms with Crippen molar-refractivity contribution in [3.63, 3.8) is 0 Å². The molecule has 1 N–H and O–H groups in total. The molecule has 130 valence electrons. The molecule has 0 saturated carbocycles. The van der Waals surface area contributed by atoms with E-state index in [1.807, 2.05) is 0 Å². The predicted octanol–water partition coefficient (Wildman–Crippen LogP) is 1.72. The number of nitrogens with one attached hydrogen (secondary N) is 1. The van der Waals surface area contributed by atoms with Crippen molar-refractivity contribution in [2.45, 2.75) is 52.6 Å². The highest BCUT2D eigenvalue weighted by Gasteiger charge is 2.26. The Balaban J connectivity index is 1.67. The van der Waals surface area contributed by atoms with Crippen molar-refractivity contribution in [1.82, 2.24) is 20.0 Å². The highest BCUT2D eigenvalue weighted by Crippen LogP contribution is 2.18. The van der Waals surface area contributed by atoms with Crippen molar-refractivity contribution < 1.29 is 0 Å². The maximum atomic E-state index is 3.45. The van der Waals surface area contributed by atoms with Gasteiger partial charge in [-0.2, -0.15) is 0 Å². The molecule has 2 atom stereocenters. The molecule has 0 spiro atoms. The topological polar surface area (TPSA) is 21.8 Å². The summed E-state index contributed by atoms with van der Waals surface area (Å²) in [5.74, 6) is 0.791. The second-order valence-electron chi connectivity index (χ2n) is 8.29. The first-order chi connectivity index (χ1) is 10.4. The van der Waals surface area contributed by atoms with E-state index in [4.69, 9.17) is 0 Å². The van der Waals surface area contributed by atoms with Crippen molar-refractivity contribution in [1.29, 1.82) is 0 Å². The van der Waals surface area contributed by atoms with Gasteiger partial charge in [0.25, 0.3) is 0 Å². The van der Waals surface area contributed by atoms with Crippen LogP contribution in [0.25, 0.3) is 0 Å². The Morgan fingerprint density at radius 1 is 0.909 bits per heavy atom.